The van der Waals surface area contributed by atoms with Gasteiger partial charge in [-0.2, -0.15) is 8.78 Å². The molecule has 0 saturated carbocycles. The summed E-state index contributed by atoms with van der Waals surface area (Å²) in [4.78, 5) is 4.14. The second-order valence-electron chi connectivity index (χ2n) is 5.15. The van der Waals surface area contributed by atoms with E-state index in [0.29, 0.717) is 24.0 Å². The van der Waals surface area contributed by atoms with E-state index in [1.165, 1.54) is 6.07 Å². The number of hydrogen-bond acceptors (Lipinski definition) is 4. The molecule has 0 saturated heterocycles. The number of anilines is 1. The molecule has 27 heavy (non-hydrogen) atoms. The largest absolute Gasteiger partial charge is 0.493 e. The van der Waals surface area contributed by atoms with Crippen LogP contribution in [0.3, 0.4) is 0 Å². The van der Waals surface area contributed by atoms with Crippen LogP contribution in [0.25, 0.3) is 0 Å². The molecule has 0 bridgehead atoms. The van der Waals surface area contributed by atoms with E-state index in [9.17, 15) is 8.78 Å². The second kappa shape index (κ2) is 11.4. The Bertz CT molecular complexity index is 760. The lowest BCUT2D eigenvalue weighted by Gasteiger charge is -2.14. The standard InChI is InChI=1S/C18H21F2N3O3.HI/c1-21-18(23-13-7-8-15(24-2)16(10-13)25-3)22-11-12-5-4-6-14(9-12)26-17(19)20;/h4-10,17H,11H2,1-3H3,(H2,21,22,23);1H. The van der Waals surface area contributed by atoms with E-state index < -0.39 is 6.61 Å². The highest BCUT2D eigenvalue weighted by molar-refractivity contribution is 14.0. The highest BCUT2D eigenvalue weighted by atomic mass is 127. The lowest BCUT2D eigenvalue weighted by molar-refractivity contribution is -0.0498. The molecular formula is C18H22F2IN3O3. The first-order valence-electron chi connectivity index (χ1n) is 7.79. The molecule has 0 fully saturated rings. The number of rotatable bonds is 7. The van der Waals surface area contributed by atoms with Gasteiger partial charge in [-0.3, -0.25) is 4.99 Å². The normalized spacial score (nSPS) is 10.8. The Morgan fingerprint density at radius 2 is 1.81 bits per heavy atom. The Hall–Kier alpha value is -2.30. The van der Waals surface area contributed by atoms with E-state index in [0.717, 1.165) is 11.3 Å². The third kappa shape index (κ3) is 7.08. The van der Waals surface area contributed by atoms with Gasteiger partial charge in [-0.25, -0.2) is 0 Å². The minimum atomic E-state index is -2.85. The van der Waals surface area contributed by atoms with Gasteiger partial charge in [-0.05, 0) is 29.8 Å². The van der Waals surface area contributed by atoms with E-state index in [1.54, 1.807) is 51.6 Å². The number of nitrogens with zero attached hydrogens (tertiary/aromatic N) is 1. The van der Waals surface area contributed by atoms with E-state index in [4.69, 9.17) is 9.47 Å². The quantitative estimate of drug-likeness (QED) is 0.346. The minimum Gasteiger partial charge on any atom is -0.493 e. The van der Waals surface area contributed by atoms with Gasteiger partial charge in [0.25, 0.3) is 0 Å². The van der Waals surface area contributed by atoms with Gasteiger partial charge in [0.05, 0.1) is 14.2 Å². The van der Waals surface area contributed by atoms with E-state index in [-0.39, 0.29) is 29.7 Å². The van der Waals surface area contributed by atoms with Gasteiger partial charge in [0.15, 0.2) is 17.5 Å². The van der Waals surface area contributed by atoms with Gasteiger partial charge in [-0.1, -0.05) is 12.1 Å². The van der Waals surface area contributed by atoms with Gasteiger partial charge in [0, 0.05) is 25.3 Å². The van der Waals surface area contributed by atoms with Crippen molar-refractivity contribution in [2.45, 2.75) is 13.2 Å². The lowest BCUT2D eigenvalue weighted by Crippen LogP contribution is -2.30. The van der Waals surface area contributed by atoms with Crippen LogP contribution >= 0.6 is 24.0 Å². The monoisotopic (exact) mass is 493 g/mol. The number of ether oxygens (including phenoxy) is 3. The Balaban J connectivity index is 0.00000364. The van der Waals surface area contributed by atoms with Crippen molar-refractivity contribution in [1.29, 1.82) is 0 Å². The summed E-state index contributed by atoms with van der Waals surface area (Å²) in [5.74, 6) is 1.83. The number of aliphatic imine (C=N–C) groups is 1. The maximum Gasteiger partial charge on any atom is 0.387 e. The first-order chi connectivity index (χ1) is 12.5. The van der Waals surface area contributed by atoms with Crippen molar-refractivity contribution in [3.8, 4) is 17.2 Å². The Labute approximate surface area is 173 Å². The number of hydrogen-bond donors (Lipinski definition) is 2. The minimum absolute atomic E-state index is 0. The summed E-state index contributed by atoms with van der Waals surface area (Å²) in [6.07, 6.45) is 0. The molecule has 0 unspecified atom stereocenters. The van der Waals surface area contributed by atoms with Crippen LogP contribution < -0.4 is 24.8 Å². The zero-order valence-electron chi connectivity index (χ0n) is 15.2. The van der Waals surface area contributed by atoms with Crippen LogP contribution in [0.2, 0.25) is 0 Å². The maximum atomic E-state index is 12.3. The average Bonchev–Trinajstić information content (AvgIpc) is 2.64. The summed E-state index contributed by atoms with van der Waals surface area (Å²) in [6.45, 7) is -2.47. The number of halogens is 3. The Morgan fingerprint density at radius 3 is 2.44 bits per heavy atom. The van der Waals surface area contributed by atoms with Gasteiger partial charge in [-0.15, -0.1) is 24.0 Å². The molecule has 0 radical (unpaired) electrons. The van der Waals surface area contributed by atoms with Crippen LogP contribution in [0.15, 0.2) is 47.5 Å². The molecule has 0 aliphatic carbocycles. The maximum absolute atomic E-state index is 12.3. The molecule has 148 valence electrons. The van der Waals surface area contributed by atoms with Crippen molar-refractivity contribution in [3.63, 3.8) is 0 Å². The first kappa shape index (κ1) is 22.7. The zero-order chi connectivity index (χ0) is 18.9. The third-order valence-corrected chi connectivity index (χ3v) is 3.45. The molecule has 2 aromatic rings. The van der Waals surface area contributed by atoms with Crippen LogP contribution in [-0.2, 0) is 6.54 Å². The fourth-order valence-corrected chi connectivity index (χ4v) is 2.25. The van der Waals surface area contributed by atoms with E-state index in [1.807, 2.05) is 6.07 Å². The number of alkyl halides is 2. The highest BCUT2D eigenvalue weighted by Crippen LogP contribution is 2.29. The van der Waals surface area contributed by atoms with Crippen LogP contribution in [0.4, 0.5) is 14.5 Å². The second-order valence-corrected chi connectivity index (χ2v) is 5.15. The molecule has 9 heteroatoms. The molecule has 2 rings (SSSR count). The SMILES string of the molecule is CN=C(NCc1cccc(OC(F)F)c1)Nc1ccc(OC)c(OC)c1.I. The average molecular weight is 493 g/mol. The van der Waals surface area contributed by atoms with Crippen LogP contribution in [0, 0.1) is 0 Å². The van der Waals surface area contributed by atoms with Gasteiger partial charge in [0.1, 0.15) is 5.75 Å². The van der Waals surface area contributed by atoms with Crippen molar-refractivity contribution in [1.82, 2.24) is 5.32 Å². The molecule has 6 nitrogen and oxygen atoms in total. The molecule has 0 atom stereocenters. The Morgan fingerprint density at radius 1 is 1.07 bits per heavy atom. The van der Waals surface area contributed by atoms with E-state index in [2.05, 4.69) is 20.4 Å². The fourth-order valence-electron chi connectivity index (χ4n) is 2.25. The van der Waals surface area contributed by atoms with Crippen LogP contribution in [0.5, 0.6) is 17.2 Å². The number of guanidine groups is 1. The van der Waals surface area contributed by atoms with Crippen molar-refractivity contribution in [3.05, 3.63) is 48.0 Å². The molecule has 0 spiro atoms. The number of benzene rings is 2. The van der Waals surface area contributed by atoms with Crippen molar-refractivity contribution < 1.29 is 23.0 Å². The van der Waals surface area contributed by atoms with Crippen LogP contribution in [0.1, 0.15) is 5.56 Å². The zero-order valence-corrected chi connectivity index (χ0v) is 17.5. The molecule has 0 aliphatic rings. The topological polar surface area (TPSA) is 64.1 Å². The summed E-state index contributed by atoms with van der Waals surface area (Å²) >= 11 is 0. The predicted octanol–water partition coefficient (Wildman–Crippen LogP) is 4.11. The molecule has 2 aromatic carbocycles. The van der Waals surface area contributed by atoms with Crippen molar-refractivity contribution in [2.24, 2.45) is 4.99 Å². The molecule has 0 aromatic heterocycles. The van der Waals surface area contributed by atoms with Gasteiger partial charge >= 0.3 is 6.61 Å². The summed E-state index contributed by atoms with van der Waals surface area (Å²) in [6, 6.07) is 11.9. The molecule has 0 amide bonds. The highest BCUT2D eigenvalue weighted by Gasteiger charge is 2.07. The summed E-state index contributed by atoms with van der Waals surface area (Å²) in [7, 11) is 4.76. The van der Waals surface area contributed by atoms with Crippen molar-refractivity contribution >= 4 is 35.6 Å². The number of methoxy groups -OCH3 is 2. The first-order valence-corrected chi connectivity index (χ1v) is 7.79. The number of nitrogens with one attached hydrogen (secondary N) is 2. The molecular weight excluding hydrogens is 471 g/mol. The summed E-state index contributed by atoms with van der Waals surface area (Å²) in [5.41, 5.74) is 1.53. The summed E-state index contributed by atoms with van der Waals surface area (Å²) in [5, 5.41) is 6.23. The van der Waals surface area contributed by atoms with E-state index >= 15 is 0 Å². The predicted molar refractivity (Wildman–Crippen MR) is 112 cm³/mol. The fraction of sp³-hybridized carbons (Fsp3) is 0.278. The molecule has 2 N–H and O–H groups in total. The van der Waals surface area contributed by atoms with Gasteiger partial charge in [0.2, 0.25) is 0 Å². The third-order valence-electron chi connectivity index (χ3n) is 3.45. The smallest absolute Gasteiger partial charge is 0.387 e. The Kier molecular flexibility index (Phi) is 9.62. The van der Waals surface area contributed by atoms with Crippen molar-refractivity contribution in [2.75, 3.05) is 26.6 Å². The summed E-state index contributed by atoms with van der Waals surface area (Å²) < 4.78 is 39.5. The molecule has 0 aliphatic heterocycles. The lowest BCUT2D eigenvalue weighted by atomic mass is 10.2. The van der Waals surface area contributed by atoms with Crippen LogP contribution in [-0.4, -0.2) is 33.8 Å². The molecule has 0 heterocycles. The van der Waals surface area contributed by atoms with Gasteiger partial charge < -0.3 is 24.8 Å².